The van der Waals surface area contributed by atoms with Gasteiger partial charge < -0.3 is 5.32 Å². The van der Waals surface area contributed by atoms with Gasteiger partial charge in [-0.15, -0.1) is 16.4 Å². The quantitative estimate of drug-likeness (QED) is 0.613. The number of aromatic nitrogens is 3. The number of sulfonamides is 1. The monoisotopic (exact) mass is 405 g/mol. The molecule has 0 radical (unpaired) electrons. The molecule has 0 unspecified atom stereocenters. The fraction of sp³-hybridized carbons (Fsp3) is 0.118. The maximum Gasteiger partial charge on any atom is 0.261 e. The first-order valence-electron chi connectivity index (χ1n) is 7.85. The lowest BCUT2D eigenvalue weighted by molar-refractivity contribution is -0.113. The van der Waals surface area contributed by atoms with Crippen LogP contribution in [0.2, 0.25) is 0 Å². The Hall–Kier alpha value is -2.91. The van der Waals surface area contributed by atoms with Crippen LogP contribution in [0, 0.1) is 6.92 Å². The fourth-order valence-corrected chi connectivity index (χ4v) is 3.46. The average molecular weight is 406 g/mol. The molecule has 10 heteroatoms. The zero-order valence-electron chi connectivity index (χ0n) is 14.3. The second kappa shape index (κ2) is 7.77. The Labute approximate surface area is 161 Å². The number of hydrogen-bond donors (Lipinski definition) is 2. The predicted octanol–water partition coefficient (Wildman–Crippen LogP) is 2.55. The molecule has 0 fully saturated rings. The van der Waals surface area contributed by atoms with Crippen LogP contribution in [0.1, 0.15) is 5.56 Å². The molecule has 0 aliphatic carbocycles. The van der Waals surface area contributed by atoms with Crippen LogP contribution in [0.4, 0.5) is 11.4 Å². The SMILES string of the molecule is Cc1ccc(S(=O)(=O)Nc2ccc(NC(=O)CCl)cc2-n2nccn2)cc1. The normalized spacial score (nSPS) is 11.2. The van der Waals surface area contributed by atoms with Crippen LogP contribution in [-0.4, -0.2) is 35.2 Å². The highest BCUT2D eigenvalue weighted by molar-refractivity contribution is 7.92. The average Bonchev–Trinajstić information content (AvgIpc) is 3.17. The van der Waals surface area contributed by atoms with Crippen molar-refractivity contribution in [3.8, 4) is 5.69 Å². The van der Waals surface area contributed by atoms with Crippen molar-refractivity contribution in [3.63, 3.8) is 0 Å². The number of hydrogen-bond acceptors (Lipinski definition) is 5. The molecule has 140 valence electrons. The highest BCUT2D eigenvalue weighted by Crippen LogP contribution is 2.26. The van der Waals surface area contributed by atoms with Gasteiger partial charge in [-0.2, -0.15) is 10.2 Å². The summed E-state index contributed by atoms with van der Waals surface area (Å²) in [5.74, 6) is -0.582. The number of halogens is 1. The fourth-order valence-electron chi connectivity index (χ4n) is 2.32. The molecule has 0 aliphatic rings. The summed E-state index contributed by atoms with van der Waals surface area (Å²) in [6.07, 6.45) is 2.92. The number of anilines is 2. The van der Waals surface area contributed by atoms with Crippen molar-refractivity contribution >= 4 is 38.9 Å². The molecule has 2 aromatic carbocycles. The van der Waals surface area contributed by atoms with E-state index in [0.717, 1.165) is 5.56 Å². The van der Waals surface area contributed by atoms with Gasteiger partial charge in [0.1, 0.15) is 11.6 Å². The molecule has 2 N–H and O–H groups in total. The van der Waals surface area contributed by atoms with E-state index in [9.17, 15) is 13.2 Å². The van der Waals surface area contributed by atoms with Crippen molar-refractivity contribution in [2.24, 2.45) is 0 Å². The number of carbonyl (C=O) groups is 1. The van der Waals surface area contributed by atoms with E-state index < -0.39 is 10.0 Å². The molecule has 0 spiro atoms. The van der Waals surface area contributed by atoms with Gasteiger partial charge in [0, 0.05) is 5.69 Å². The lowest BCUT2D eigenvalue weighted by Gasteiger charge is -2.14. The number of aryl methyl sites for hydroxylation is 1. The number of rotatable bonds is 6. The summed E-state index contributed by atoms with van der Waals surface area (Å²) in [5.41, 5.74) is 2.00. The van der Waals surface area contributed by atoms with Crippen molar-refractivity contribution in [1.29, 1.82) is 0 Å². The van der Waals surface area contributed by atoms with Gasteiger partial charge in [-0.3, -0.25) is 9.52 Å². The largest absolute Gasteiger partial charge is 0.325 e. The van der Waals surface area contributed by atoms with Gasteiger partial charge >= 0.3 is 0 Å². The van der Waals surface area contributed by atoms with Crippen molar-refractivity contribution in [2.75, 3.05) is 15.9 Å². The summed E-state index contributed by atoms with van der Waals surface area (Å²) >= 11 is 5.50. The molecule has 1 amide bonds. The first-order chi connectivity index (χ1) is 12.9. The van der Waals surface area contributed by atoms with E-state index in [1.807, 2.05) is 6.92 Å². The van der Waals surface area contributed by atoms with E-state index in [4.69, 9.17) is 11.6 Å². The second-order valence-corrected chi connectivity index (χ2v) is 7.60. The molecular formula is C17H16ClN5O3S. The maximum absolute atomic E-state index is 12.7. The molecule has 0 saturated heterocycles. The Balaban J connectivity index is 1.99. The standard InChI is InChI=1S/C17H16ClN5O3S/c1-12-2-5-14(6-3-12)27(25,26)22-15-7-4-13(21-17(24)11-18)10-16(15)23-19-8-9-20-23/h2-10,22H,11H2,1H3,(H,21,24). The van der Waals surface area contributed by atoms with E-state index >= 15 is 0 Å². The molecule has 3 aromatic rings. The first kappa shape index (κ1) is 18.9. The second-order valence-electron chi connectivity index (χ2n) is 5.65. The molecule has 0 aliphatic heterocycles. The van der Waals surface area contributed by atoms with Crippen molar-refractivity contribution in [1.82, 2.24) is 15.0 Å². The summed E-state index contributed by atoms with van der Waals surface area (Å²) in [6, 6.07) is 11.1. The van der Waals surface area contributed by atoms with Crippen LogP contribution in [0.3, 0.4) is 0 Å². The Kier molecular flexibility index (Phi) is 5.43. The zero-order valence-corrected chi connectivity index (χ0v) is 15.8. The highest BCUT2D eigenvalue weighted by atomic mass is 35.5. The Morgan fingerprint density at radius 1 is 1.11 bits per heavy atom. The van der Waals surface area contributed by atoms with Gasteiger partial charge in [0.05, 0.1) is 23.0 Å². The molecule has 8 nitrogen and oxygen atoms in total. The van der Waals surface area contributed by atoms with E-state index in [2.05, 4.69) is 20.2 Å². The lowest BCUT2D eigenvalue weighted by Crippen LogP contribution is -2.16. The third-order valence-electron chi connectivity index (χ3n) is 3.61. The minimum absolute atomic E-state index is 0.131. The maximum atomic E-state index is 12.7. The number of benzene rings is 2. The number of carbonyl (C=O) groups excluding carboxylic acids is 1. The summed E-state index contributed by atoms with van der Waals surface area (Å²) < 4.78 is 27.9. The molecule has 0 atom stereocenters. The summed E-state index contributed by atoms with van der Waals surface area (Å²) in [5, 5.41) is 10.7. The van der Waals surface area contributed by atoms with Gasteiger partial charge in [-0.1, -0.05) is 17.7 Å². The molecule has 27 heavy (non-hydrogen) atoms. The van der Waals surface area contributed by atoms with Crippen LogP contribution in [0.5, 0.6) is 0 Å². The summed E-state index contributed by atoms with van der Waals surface area (Å²) in [6.45, 7) is 1.87. The van der Waals surface area contributed by atoms with E-state index in [1.54, 1.807) is 24.3 Å². The number of alkyl halides is 1. The van der Waals surface area contributed by atoms with Crippen LogP contribution in [-0.2, 0) is 14.8 Å². The lowest BCUT2D eigenvalue weighted by atomic mass is 10.2. The van der Waals surface area contributed by atoms with Gasteiger partial charge in [0.25, 0.3) is 10.0 Å². The Morgan fingerprint density at radius 2 is 1.78 bits per heavy atom. The minimum Gasteiger partial charge on any atom is -0.325 e. The summed E-state index contributed by atoms with van der Waals surface area (Å²) in [4.78, 5) is 12.9. The number of nitrogens with zero attached hydrogens (tertiary/aromatic N) is 3. The zero-order chi connectivity index (χ0) is 19.4. The molecule has 1 aromatic heterocycles. The number of nitrogens with one attached hydrogen (secondary N) is 2. The van der Waals surface area contributed by atoms with Gasteiger partial charge in [0.2, 0.25) is 5.91 Å². The predicted molar refractivity (Wildman–Crippen MR) is 103 cm³/mol. The van der Waals surface area contributed by atoms with Crippen molar-refractivity contribution < 1.29 is 13.2 Å². The first-order valence-corrected chi connectivity index (χ1v) is 9.87. The van der Waals surface area contributed by atoms with Crippen molar-refractivity contribution in [3.05, 3.63) is 60.4 Å². The van der Waals surface area contributed by atoms with Gasteiger partial charge in [-0.25, -0.2) is 8.42 Å². The Morgan fingerprint density at radius 3 is 2.41 bits per heavy atom. The van der Waals surface area contributed by atoms with Gasteiger partial charge in [-0.05, 0) is 37.3 Å². The minimum atomic E-state index is -3.81. The highest BCUT2D eigenvalue weighted by Gasteiger charge is 2.18. The molecule has 1 heterocycles. The number of amides is 1. The summed E-state index contributed by atoms with van der Waals surface area (Å²) in [7, 11) is -3.81. The topological polar surface area (TPSA) is 106 Å². The molecule has 3 rings (SSSR count). The van der Waals surface area contributed by atoms with Crippen LogP contribution in [0.15, 0.2) is 59.8 Å². The Bertz CT molecular complexity index is 1050. The van der Waals surface area contributed by atoms with Crippen LogP contribution >= 0.6 is 11.6 Å². The molecule has 0 saturated carbocycles. The van der Waals surface area contributed by atoms with Gasteiger partial charge in [0.15, 0.2) is 0 Å². The van der Waals surface area contributed by atoms with Crippen molar-refractivity contribution in [2.45, 2.75) is 11.8 Å². The molecule has 0 bridgehead atoms. The molecular weight excluding hydrogens is 390 g/mol. The van der Waals surface area contributed by atoms with Crippen LogP contribution < -0.4 is 10.0 Å². The third kappa shape index (κ3) is 4.44. The van der Waals surface area contributed by atoms with Crippen LogP contribution in [0.25, 0.3) is 5.69 Å². The van der Waals surface area contributed by atoms with E-state index in [-0.39, 0.29) is 22.4 Å². The van der Waals surface area contributed by atoms with E-state index in [0.29, 0.717) is 11.4 Å². The smallest absolute Gasteiger partial charge is 0.261 e. The van der Waals surface area contributed by atoms with E-state index in [1.165, 1.54) is 35.4 Å². The third-order valence-corrected chi connectivity index (χ3v) is 5.24.